The first kappa shape index (κ1) is 20.4. The van der Waals surface area contributed by atoms with E-state index in [-0.39, 0.29) is 30.8 Å². The summed E-state index contributed by atoms with van der Waals surface area (Å²) in [5.74, 6) is -0.224. The van der Waals surface area contributed by atoms with Gasteiger partial charge in [0.25, 0.3) is 0 Å². The monoisotopic (exact) mass is 355 g/mol. The van der Waals surface area contributed by atoms with Gasteiger partial charge in [0.15, 0.2) is 0 Å². The average molecular weight is 356 g/mol. The van der Waals surface area contributed by atoms with Crippen molar-refractivity contribution in [2.75, 3.05) is 45.7 Å². The third-order valence-electron chi connectivity index (χ3n) is 4.22. The molecule has 0 unspecified atom stereocenters. The first-order chi connectivity index (χ1) is 11.1. The number of methoxy groups -OCH3 is 1. The molecular formula is C17H26ClN3O3. The lowest BCUT2D eigenvalue weighted by atomic mass is 9.78. The molecule has 24 heavy (non-hydrogen) atoms. The highest BCUT2D eigenvalue weighted by atomic mass is 35.5. The van der Waals surface area contributed by atoms with Gasteiger partial charge in [0.2, 0.25) is 11.8 Å². The molecule has 7 heteroatoms. The van der Waals surface area contributed by atoms with E-state index >= 15 is 0 Å². The number of hydrogen-bond acceptors (Lipinski definition) is 4. The van der Waals surface area contributed by atoms with Gasteiger partial charge in [-0.1, -0.05) is 18.2 Å². The second kappa shape index (κ2) is 9.61. The fourth-order valence-electron chi connectivity index (χ4n) is 3.02. The van der Waals surface area contributed by atoms with Crippen molar-refractivity contribution in [1.29, 1.82) is 0 Å². The number of para-hydroxylation sites is 1. The van der Waals surface area contributed by atoms with Crippen LogP contribution in [-0.2, 0) is 14.3 Å². The summed E-state index contributed by atoms with van der Waals surface area (Å²) in [7, 11) is 3.28. The molecule has 0 aliphatic carbocycles. The molecule has 1 aromatic carbocycles. The molecule has 2 rings (SSSR count). The van der Waals surface area contributed by atoms with Crippen LogP contribution in [0, 0.1) is 5.41 Å². The Labute approximate surface area is 149 Å². The van der Waals surface area contributed by atoms with Crippen LogP contribution in [0.1, 0.15) is 12.8 Å². The molecule has 6 nitrogen and oxygen atoms in total. The lowest BCUT2D eigenvalue weighted by molar-refractivity contribution is -0.147. The largest absolute Gasteiger partial charge is 0.384 e. The van der Waals surface area contributed by atoms with Crippen molar-refractivity contribution in [1.82, 2.24) is 10.2 Å². The van der Waals surface area contributed by atoms with Crippen molar-refractivity contribution in [2.45, 2.75) is 12.8 Å². The molecule has 0 spiro atoms. The summed E-state index contributed by atoms with van der Waals surface area (Å²) < 4.78 is 5.28. The SMILES string of the molecule is COCC1(C(=O)N(C)CC(=O)Nc2ccccc2)CCNCC1.Cl. The van der Waals surface area contributed by atoms with Crippen LogP contribution in [0.4, 0.5) is 5.69 Å². The number of rotatable bonds is 6. The molecule has 0 atom stereocenters. The fourth-order valence-corrected chi connectivity index (χ4v) is 3.02. The van der Waals surface area contributed by atoms with Crippen molar-refractivity contribution in [3.05, 3.63) is 30.3 Å². The van der Waals surface area contributed by atoms with E-state index in [0.29, 0.717) is 6.61 Å². The van der Waals surface area contributed by atoms with E-state index in [9.17, 15) is 9.59 Å². The van der Waals surface area contributed by atoms with E-state index < -0.39 is 5.41 Å². The number of anilines is 1. The summed E-state index contributed by atoms with van der Waals surface area (Å²) >= 11 is 0. The number of carbonyl (C=O) groups excluding carboxylic acids is 2. The number of hydrogen-bond donors (Lipinski definition) is 2. The number of likely N-dealkylation sites (N-methyl/N-ethyl adjacent to an activating group) is 1. The van der Waals surface area contributed by atoms with Gasteiger partial charge in [-0.05, 0) is 38.1 Å². The summed E-state index contributed by atoms with van der Waals surface area (Å²) in [5.41, 5.74) is 0.203. The minimum Gasteiger partial charge on any atom is -0.384 e. The van der Waals surface area contributed by atoms with Crippen LogP contribution in [0.25, 0.3) is 0 Å². The van der Waals surface area contributed by atoms with E-state index in [1.165, 1.54) is 4.90 Å². The molecule has 1 fully saturated rings. The molecule has 1 aliphatic heterocycles. The fraction of sp³-hybridized carbons (Fsp3) is 0.529. The van der Waals surface area contributed by atoms with Gasteiger partial charge in [-0.2, -0.15) is 0 Å². The number of piperidine rings is 1. The Morgan fingerprint density at radius 2 is 1.88 bits per heavy atom. The first-order valence-corrected chi connectivity index (χ1v) is 7.87. The molecule has 0 bridgehead atoms. The molecule has 2 amide bonds. The zero-order chi connectivity index (χ0) is 16.7. The lowest BCUT2D eigenvalue weighted by Crippen LogP contribution is -2.51. The van der Waals surface area contributed by atoms with Gasteiger partial charge in [0, 0.05) is 19.8 Å². The van der Waals surface area contributed by atoms with Crippen LogP contribution in [0.15, 0.2) is 30.3 Å². The summed E-state index contributed by atoms with van der Waals surface area (Å²) in [6.07, 6.45) is 1.45. The van der Waals surface area contributed by atoms with Crippen molar-refractivity contribution in [3.8, 4) is 0 Å². The van der Waals surface area contributed by atoms with Gasteiger partial charge in [0.05, 0.1) is 18.6 Å². The Morgan fingerprint density at radius 1 is 1.25 bits per heavy atom. The van der Waals surface area contributed by atoms with Crippen LogP contribution in [0.3, 0.4) is 0 Å². The molecule has 0 aromatic heterocycles. The first-order valence-electron chi connectivity index (χ1n) is 7.87. The Balaban J connectivity index is 0.00000288. The van der Waals surface area contributed by atoms with Crippen LogP contribution in [-0.4, -0.2) is 57.1 Å². The van der Waals surface area contributed by atoms with E-state index in [1.54, 1.807) is 14.2 Å². The van der Waals surface area contributed by atoms with Gasteiger partial charge < -0.3 is 20.3 Å². The second-order valence-electron chi connectivity index (χ2n) is 6.04. The topological polar surface area (TPSA) is 70.7 Å². The number of benzene rings is 1. The molecule has 1 saturated heterocycles. The highest BCUT2D eigenvalue weighted by molar-refractivity contribution is 5.95. The van der Waals surface area contributed by atoms with Crippen LogP contribution < -0.4 is 10.6 Å². The molecular weight excluding hydrogens is 330 g/mol. The second-order valence-corrected chi connectivity index (χ2v) is 6.04. The third kappa shape index (κ3) is 5.19. The predicted molar refractivity (Wildman–Crippen MR) is 96.4 cm³/mol. The maximum absolute atomic E-state index is 12.8. The highest BCUT2D eigenvalue weighted by Crippen LogP contribution is 2.31. The van der Waals surface area contributed by atoms with Gasteiger partial charge in [0.1, 0.15) is 0 Å². The smallest absolute Gasteiger partial charge is 0.243 e. The van der Waals surface area contributed by atoms with E-state index in [1.807, 2.05) is 30.3 Å². The van der Waals surface area contributed by atoms with E-state index in [0.717, 1.165) is 31.6 Å². The summed E-state index contributed by atoms with van der Waals surface area (Å²) in [6.45, 7) is 2.00. The summed E-state index contributed by atoms with van der Waals surface area (Å²) in [6, 6.07) is 9.23. The molecule has 2 N–H and O–H groups in total. The number of nitrogens with one attached hydrogen (secondary N) is 2. The van der Waals surface area contributed by atoms with Crippen LogP contribution >= 0.6 is 12.4 Å². The maximum atomic E-state index is 12.8. The average Bonchev–Trinajstić information content (AvgIpc) is 2.56. The Morgan fingerprint density at radius 3 is 2.46 bits per heavy atom. The third-order valence-corrected chi connectivity index (χ3v) is 4.22. The summed E-state index contributed by atoms with van der Waals surface area (Å²) in [4.78, 5) is 26.5. The molecule has 0 radical (unpaired) electrons. The standard InChI is InChI=1S/C17H25N3O3.ClH/c1-20(12-15(21)19-14-6-4-3-5-7-14)16(22)17(13-23-2)8-10-18-11-9-17;/h3-7,18H,8-13H2,1-2H3,(H,19,21);1H. The van der Waals surface area contributed by atoms with Crippen LogP contribution in [0.2, 0.25) is 0 Å². The number of amides is 2. The minimum atomic E-state index is -0.526. The van der Waals surface area contributed by atoms with Gasteiger partial charge in [-0.15, -0.1) is 12.4 Å². The zero-order valence-electron chi connectivity index (χ0n) is 14.2. The quantitative estimate of drug-likeness (QED) is 0.811. The lowest BCUT2D eigenvalue weighted by Gasteiger charge is -2.38. The number of halogens is 1. The predicted octanol–water partition coefficient (Wildman–Crippen LogP) is 1.52. The molecule has 1 heterocycles. The minimum absolute atomic E-state index is 0. The van der Waals surface area contributed by atoms with Crippen molar-refractivity contribution < 1.29 is 14.3 Å². The van der Waals surface area contributed by atoms with Crippen molar-refractivity contribution >= 4 is 29.9 Å². The Kier molecular flexibility index (Phi) is 8.18. The van der Waals surface area contributed by atoms with Gasteiger partial charge in [-0.3, -0.25) is 9.59 Å². The number of ether oxygens (including phenoxy) is 1. The maximum Gasteiger partial charge on any atom is 0.243 e. The van der Waals surface area contributed by atoms with E-state index in [4.69, 9.17) is 4.74 Å². The van der Waals surface area contributed by atoms with Crippen LogP contribution in [0.5, 0.6) is 0 Å². The molecule has 134 valence electrons. The zero-order valence-corrected chi connectivity index (χ0v) is 15.0. The summed E-state index contributed by atoms with van der Waals surface area (Å²) in [5, 5.41) is 6.06. The van der Waals surface area contributed by atoms with Gasteiger partial charge in [-0.25, -0.2) is 0 Å². The molecule has 1 aliphatic rings. The number of nitrogens with zero attached hydrogens (tertiary/aromatic N) is 1. The van der Waals surface area contributed by atoms with Gasteiger partial charge >= 0.3 is 0 Å². The number of carbonyl (C=O) groups is 2. The molecule has 1 aromatic rings. The van der Waals surface area contributed by atoms with E-state index in [2.05, 4.69) is 10.6 Å². The normalized spacial score (nSPS) is 15.9. The van der Waals surface area contributed by atoms with Crippen molar-refractivity contribution in [3.63, 3.8) is 0 Å². The Bertz CT molecular complexity index is 528. The molecule has 0 saturated carbocycles. The van der Waals surface area contributed by atoms with Crippen molar-refractivity contribution in [2.24, 2.45) is 5.41 Å². The Hall–Kier alpha value is -1.63. The highest BCUT2D eigenvalue weighted by Gasteiger charge is 2.41.